The lowest BCUT2D eigenvalue weighted by molar-refractivity contribution is 0.360. The molecule has 3 heteroatoms. The van der Waals surface area contributed by atoms with Crippen molar-refractivity contribution in [1.82, 2.24) is 0 Å². The Morgan fingerprint density at radius 3 is 2.50 bits per heavy atom. The average Bonchev–Trinajstić information content (AvgIpc) is 2.28. The molecule has 0 heterocycles. The second kappa shape index (κ2) is 4.81. The molecular formula is C13H17F2N. The average molecular weight is 225 g/mol. The van der Waals surface area contributed by atoms with Crippen LogP contribution in [0, 0.1) is 17.6 Å². The SMILES string of the molecule is CC1CCC(Nc2cccc(F)c2F)CC1. The van der Waals surface area contributed by atoms with E-state index < -0.39 is 11.6 Å². The van der Waals surface area contributed by atoms with Gasteiger partial charge >= 0.3 is 0 Å². The van der Waals surface area contributed by atoms with E-state index in [0.29, 0.717) is 5.69 Å². The van der Waals surface area contributed by atoms with Crippen molar-refractivity contribution in [3.05, 3.63) is 29.8 Å². The summed E-state index contributed by atoms with van der Waals surface area (Å²) in [6, 6.07) is 4.55. The molecule has 0 saturated heterocycles. The lowest BCUT2D eigenvalue weighted by Crippen LogP contribution is -2.25. The number of anilines is 1. The van der Waals surface area contributed by atoms with Crippen LogP contribution in [0.25, 0.3) is 0 Å². The molecule has 0 amide bonds. The predicted octanol–water partition coefficient (Wildman–Crippen LogP) is 3.96. The van der Waals surface area contributed by atoms with E-state index >= 15 is 0 Å². The van der Waals surface area contributed by atoms with Crippen molar-refractivity contribution in [2.75, 3.05) is 5.32 Å². The van der Waals surface area contributed by atoms with Crippen LogP contribution in [-0.4, -0.2) is 6.04 Å². The Labute approximate surface area is 94.9 Å². The van der Waals surface area contributed by atoms with Gasteiger partial charge in [0.1, 0.15) is 0 Å². The number of nitrogens with one attached hydrogen (secondary N) is 1. The first kappa shape index (κ1) is 11.4. The van der Waals surface area contributed by atoms with Gasteiger partial charge in [0, 0.05) is 6.04 Å². The summed E-state index contributed by atoms with van der Waals surface area (Å²) in [5.74, 6) is -0.786. The lowest BCUT2D eigenvalue weighted by atomic mass is 9.87. The third-order valence-corrected chi connectivity index (χ3v) is 3.33. The molecular weight excluding hydrogens is 208 g/mol. The Kier molecular flexibility index (Phi) is 3.42. The van der Waals surface area contributed by atoms with Gasteiger partial charge in [-0.2, -0.15) is 0 Å². The second-order valence-corrected chi connectivity index (χ2v) is 4.70. The zero-order chi connectivity index (χ0) is 11.5. The van der Waals surface area contributed by atoms with E-state index in [1.165, 1.54) is 6.07 Å². The quantitative estimate of drug-likeness (QED) is 0.803. The third kappa shape index (κ3) is 2.52. The standard InChI is InChI=1S/C13H17F2N/c1-9-5-7-10(8-6-9)16-12-4-2-3-11(14)13(12)15/h2-4,9-10,16H,5-8H2,1H3. The highest BCUT2D eigenvalue weighted by Crippen LogP contribution is 2.27. The van der Waals surface area contributed by atoms with Gasteiger partial charge in [-0.1, -0.05) is 13.0 Å². The zero-order valence-corrected chi connectivity index (χ0v) is 9.47. The molecule has 0 radical (unpaired) electrons. The van der Waals surface area contributed by atoms with Crippen LogP contribution in [0.3, 0.4) is 0 Å². The van der Waals surface area contributed by atoms with Crippen LogP contribution in [-0.2, 0) is 0 Å². The molecule has 0 unspecified atom stereocenters. The predicted molar refractivity (Wildman–Crippen MR) is 61.4 cm³/mol. The van der Waals surface area contributed by atoms with Gasteiger partial charge in [-0.25, -0.2) is 8.78 Å². The van der Waals surface area contributed by atoms with Crippen LogP contribution in [0.15, 0.2) is 18.2 Å². The summed E-state index contributed by atoms with van der Waals surface area (Å²) in [6.45, 7) is 2.24. The topological polar surface area (TPSA) is 12.0 Å². The fourth-order valence-corrected chi connectivity index (χ4v) is 2.24. The van der Waals surface area contributed by atoms with E-state index in [2.05, 4.69) is 12.2 Å². The Morgan fingerprint density at radius 1 is 1.12 bits per heavy atom. The van der Waals surface area contributed by atoms with Gasteiger partial charge in [-0.05, 0) is 43.7 Å². The summed E-state index contributed by atoms with van der Waals surface area (Å²) in [4.78, 5) is 0. The van der Waals surface area contributed by atoms with Crippen LogP contribution in [0.2, 0.25) is 0 Å². The summed E-state index contributed by atoms with van der Waals surface area (Å²) in [5, 5.41) is 3.10. The van der Waals surface area contributed by atoms with Gasteiger partial charge in [0.15, 0.2) is 11.6 Å². The Morgan fingerprint density at radius 2 is 1.81 bits per heavy atom. The summed E-state index contributed by atoms with van der Waals surface area (Å²) in [5.41, 5.74) is 0.291. The molecule has 2 rings (SSSR count). The molecule has 0 aromatic heterocycles. The van der Waals surface area contributed by atoms with Crippen molar-refractivity contribution in [3.8, 4) is 0 Å². The summed E-state index contributed by atoms with van der Waals surface area (Å²) in [7, 11) is 0. The molecule has 1 nitrogen and oxygen atoms in total. The Bertz CT molecular complexity index is 357. The normalized spacial score (nSPS) is 25.4. The van der Waals surface area contributed by atoms with Crippen LogP contribution in [0.5, 0.6) is 0 Å². The molecule has 0 bridgehead atoms. The molecule has 1 aromatic carbocycles. The molecule has 0 atom stereocenters. The first-order valence-electron chi connectivity index (χ1n) is 5.87. The zero-order valence-electron chi connectivity index (χ0n) is 9.47. The maximum atomic E-state index is 13.4. The molecule has 1 N–H and O–H groups in total. The first-order valence-corrected chi connectivity index (χ1v) is 5.87. The van der Waals surface area contributed by atoms with Gasteiger partial charge < -0.3 is 5.32 Å². The molecule has 88 valence electrons. The minimum atomic E-state index is -0.783. The van der Waals surface area contributed by atoms with Gasteiger partial charge in [-0.15, -0.1) is 0 Å². The van der Waals surface area contributed by atoms with Gasteiger partial charge in [0.25, 0.3) is 0 Å². The largest absolute Gasteiger partial charge is 0.380 e. The van der Waals surface area contributed by atoms with Crippen molar-refractivity contribution < 1.29 is 8.78 Å². The summed E-state index contributed by atoms with van der Waals surface area (Å²) >= 11 is 0. The molecule has 0 aliphatic heterocycles. The summed E-state index contributed by atoms with van der Waals surface area (Å²) < 4.78 is 26.4. The van der Waals surface area contributed by atoms with E-state index in [4.69, 9.17) is 0 Å². The van der Waals surface area contributed by atoms with Crippen LogP contribution >= 0.6 is 0 Å². The maximum absolute atomic E-state index is 13.4. The van der Waals surface area contributed by atoms with Crippen molar-refractivity contribution >= 4 is 5.69 Å². The smallest absolute Gasteiger partial charge is 0.181 e. The van der Waals surface area contributed by atoms with E-state index in [-0.39, 0.29) is 6.04 Å². The van der Waals surface area contributed by atoms with Crippen molar-refractivity contribution in [2.45, 2.75) is 38.6 Å². The fraction of sp³-hybridized carbons (Fsp3) is 0.538. The van der Waals surface area contributed by atoms with Crippen LogP contribution < -0.4 is 5.32 Å². The number of hydrogen-bond donors (Lipinski definition) is 1. The van der Waals surface area contributed by atoms with E-state index in [0.717, 1.165) is 37.7 Å². The number of rotatable bonds is 2. The number of halogens is 2. The van der Waals surface area contributed by atoms with E-state index in [1.807, 2.05) is 0 Å². The van der Waals surface area contributed by atoms with E-state index in [9.17, 15) is 8.78 Å². The highest BCUT2D eigenvalue weighted by molar-refractivity contribution is 5.45. The van der Waals surface area contributed by atoms with Crippen molar-refractivity contribution in [3.63, 3.8) is 0 Å². The lowest BCUT2D eigenvalue weighted by Gasteiger charge is -2.27. The minimum absolute atomic E-state index is 0.285. The number of hydrogen-bond acceptors (Lipinski definition) is 1. The van der Waals surface area contributed by atoms with Crippen molar-refractivity contribution in [1.29, 1.82) is 0 Å². The molecule has 16 heavy (non-hydrogen) atoms. The second-order valence-electron chi connectivity index (χ2n) is 4.70. The molecule has 0 spiro atoms. The molecule has 1 aliphatic rings. The van der Waals surface area contributed by atoms with Gasteiger partial charge in [0.2, 0.25) is 0 Å². The maximum Gasteiger partial charge on any atom is 0.181 e. The molecule has 1 aromatic rings. The monoisotopic (exact) mass is 225 g/mol. The van der Waals surface area contributed by atoms with Gasteiger partial charge in [0.05, 0.1) is 5.69 Å². The first-order chi connectivity index (χ1) is 7.66. The van der Waals surface area contributed by atoms with E-state index in [1.54, 1.807) is 6.07 Å². The molecule has 1 fully saturated rings. The van der Waals surface area contributed by atoms with Crippen LogP contribution in [0.1, 0.15) is 32.6 Å². The van der Waals surface area contributed by atoms with Crippen molar-refractivity contribution in [2.24, 2.45) is 5.92 Å². The van der Waals surface area contributed by atoms with Gasteiger partial charge in [-0.3, -0.25) is 0 Å². The Balaban J connectivity index is 2.01. The minimum Gasteiger partial charge on any atom is -0.380 e. The van der Waals surface area contributed by atoms with Crippen LogP contribution in [0.4, 0.5) is 14.5 Å². The highest BCUT2D eigenvalue weighted by atomic mass is 19.2. The molecule has 1 aliphatic carbocycles. The Hall–Kier alpha value is -1.12. The number of benzene rings is 1. The molecule has 1 saturated carbocycles. The summed E-state index contributed by atoms with van der Waals surface area (Å²) in [6.07, 6.45) is 4.40. The third-order valence-electron chi connectivity index (χ3n) is 3.33. The fourth-order valence-electron chi connectivity index (χ4n) is 2.24. The highest BCUT2D eigenvalue weighted by Gasteiger charge is 2.19.